The van der Waals surface area contributed by atoms with E-state index in [9.17, 15) is 0 Å². The number of nitrogens with zero attached hydrogens (tertiary/aromatic N) is 3. The predicted molar refractivity (Wildman–Crippen MR) is 82.0 cm³/mol. The van der Waals surface area contributed by atoms with Crippen LogP contribution in [-0.2, 0) is 0 Å². The van der Waals surface area contributed by atoms with Gasteiger partial charge >= 0.3 is 0 Å². The lowest BCUT2D eigenvalue weighted by atomic mass is 10.0. The van der Waals surface area contributed by atoms with E-state index in [1.165, 1.54) is 18.2 Å². The fourth-order valence-corrected chi connectivity index (χ4v) is 3.25. The van der Waals surface area contributed by atoms with Gasteiger partial charge in [-0.2, -0.15) is 0 Å². The van der Waals surface area contributed by atoms with Crippen molar-refractivity contribution in [3.8, 4) is 0 Å². The maximum atomic E-state index is 4.54. The Balaban J connectivity index is 1.91. The van der Waals surface area contributed by atoms with E-state index in [0.717, 1.165) is 41.4 Å². The number of rotatable bonds is 1. The van der Waals surface area contributed by atoms with E-state index in [4.69, 9.17) is 0 Å². The number of aromatic amines is 1. The van der Waals surface area contributed by atoms with E-state index in [1.807, 2.05) is 6.07 Å². The third-order valence-electron chi connectivity index (χ3n) is 4.23. The zero-order valence-electron chi connectivity index (χ0n) is 11.6. The largest absolute Gasteiger partial charge is 0.355 e. The molecule has 0 amide bonds. The molecule has 20 heavy (non-hydrogen) atoms. The number of hydrogen-bond donors (Lipinski definition) is 1. The van der Waals surface area contributed by atoms with Gasteiger partial charge in [-0.3, -0.25) is 0 Å². The normalized spacial score (nSPS) is 19.9. The highest BCUT2D eigenvalue weighted by atomic mass is 15.2. The van der Waals surface area contributed by atoms with Crippen LogP contribution in [0.3, 0.4) is 0 Å². The van der Waals surface area contributed by atoms with E-state index < -0.39 is 0 Å². The van der Waals surface area contributed by atoms with Gasteiger partial charge < -0.3 is 9.88 Å². The summed E-state index contributed by atoms with van der Waals surface area (Å²) in [5.74, 6) is 1.79. The van der Waals surface area contributed by atoms with Crippen LogP contribution in [0, 0.1) is 5.92 Å². The molecule has 0 bridgehead atoms. The summed E-state index contributed by atoms with van der Waals surface area (Å²) in [6.45, 7) is 4.49. The maximum absolute atomic E-state index is 4.54. The van der Waals surface area contributed by atoms with Gasteiger partial charge in [-0.25, -0.2) is 9.97 Å². The molecule has 4 nitrogen and oxygen atoms in total. The number of piperidine rings is 1. The smallest absolute Gasteiger partial charge is 0.156 e. The van der Waals surface area contributed by atoms with Crippen molar-refractivity contribution in [2.24, 2.45) is 5.92 Å². The van der Waals surface area contributed by atoms with Gasteiger partial charge in [0.15, 0.2) is 5.82 Å². The first-order chi connectivity index (χ1) is 9.83. The Morgan fingerprint density at radius 1 is 1.25 bits per heavy atom. The standard InChI is InChI=1S/C16H18N4/c1-11-5-4-8-20(9-11)16-15-14(17-10-18-16)12-6-2-3-7-13(12)19-15/h2-3,6-7,10-11,19H,4-5,8-9H2,1H3. The van der Waals surface area contributed by atoms with E-state index in [0.29, 0.717) is 0 Å². The summed E-state index contributed by atoms with van der Waals surface area (Å²) in [6, 6.07) is 8.32. The molecular weight excluding hydrogens is 248 g/mol. The Labute approximate surface area is 117 Å². The third kappa shape index (κ3) is 1.75. The number of benzene rings is 1. The van der Waals surface area contributed by atoms with Crippen LogP contribution >= 0.6 is 0 Å². The Kier molecular flexibility index (Phi) is 2.62. The lowest BCUT2D eigenvalue weighted by Gasteiger charge is -2.31. The molecule has 0 saturated carbocycles. The van der Waals surface area contributed by atoms with Crippen molar-refractivity contribution in [1.29, 1.82) is 0 Å². The van der Waals surface area contributed by atoms with Crippen molar-refractivity contribution in [2.75, 3.05) is 18.0 Å². The molecular formula is C16H18N4. The summed E-state index contributed by atoms with van der Waals surface area (Å²) < 4.78 is 0. The molecule has 1 N–H and O–H groups in total. The molecule has 1 aromatic carbocycles. The van der Waals surface area contributed by atoms with Crippen molar-refractivity contribution >= 4 is 27.8 Å². The number of nitrogens with one attached hydrogen (secondary N) is 1. The van der Waals surface area contributed by atoms with Crippen LogP contribution < -0.4 is 4.90 Å². The molecule has 0 spiro atoms. The average Bonchev–Trinajstić information content (AvgIpc) is 2.86. The molecule has 2 aromatic heterocycles. The summed E-state index contributed by atoms with van der Waals surface area (Å²) in [5.41, 5.74) is 3.24. The molecule has 1 unspecified atom stereocenters. The van der Waals surface area contributed by atoms with Crippen LogP contribution in [-0.4, -0.2) is 28.0 Å². The number of hydrogen-bond acceptors (Lipinski definition) is 3. The summed E-state index contributed by atoms with van der Waals surface area (Å²) >= 11 is 0. The second kappa shape index (κ2) is 4.47. The van der Waals surface area contributed by atoms with Gasteiger partial charge in [0.2, 0.25) is 0 Å². The molecule has 3 aromatic rings. The minimum atomic E-state index is 0.734. The van der Waals surface area contributed by atoms with Crippen molar-refractivity contribution in [1.82, 2.24) is 15.0 Å². The molecule has 0 radical (unpaired) electrons. The predicted octanol–water partition coefficient (Wildman–Crippen LogP) is 3.35. The number of anilines is 1. The average molecular weight is 266 g/mol. The Morgan fingerprint density at radius 3 is 3.05 bits per heavy atom. The summed E-state index contributed by atoms with van der Waals surface area (Å²) in [4.78, 5) is 14.9. The fourth-order valence-electron chi connectivity index (χ4n) is 3.25. The van der Waals surface area contributed by atoms with E-state index in [-0.39, 0.29) is 0 Å². The minimum Gasteiger partial charge on any atom is -0.355 e. The highest BCUT2D eigenvalue weighted by Gasteiger charge is 2.21. The number of H-pyrrole nitrogens is 1. The van der Waals surface area contributed by atoms with Gasteiger partial charge in [0.1, 0.15) is 17.4 Å². The Hall–Kier alpha value is -2.10. The van der Waals surface area contributed by atoms with Gasteiger partial charge in [0, 0.05) is 24.0 Å². The summed E-state index contributed by atoms with van der Waals surface area (Å²) in [7, 11) is 0. The molecule has 1 fully saturated rings. The van der Waals surface area contributed by atoms with Crippen molar-refractivity contribution in [2.45, 2.75) is 19.8 Å². The van der Waals surface area contributed by atoms with Gasteiger partial charge in [-0.1, -0.05) is 25.1 Å². The SMILES string of the molecule is CC1CCCN(c2ncnc3c2[nH]c2ccccc23)C1. The number of aromatic nitrogens is 3. The molecule has 1 atom stereocenters. The summed E-state index contributed by atoms with van der Waals surface area (Å²) in [5, 5.41) is 1.18. The highest BCUT2D eigenvalue weighted by Crippen LogP contribution is 2.30. The molecule has 3 heterocycles. The van der Waals surface area contributed by atoms with E-state index in [2.05, 4.69) is 45.0 Å². The van der Waals surface area contributed by atoms with Crippen LogP contribution in [0.5, 0.6) is 0 Å². The molecule has 102 valence electrons. The van der Waals surface area contributed by atoms with Crippen LogP contribution in [0.25, 0.3) is 21.9 Å². The summed E-state index contributed by atoms with van der Waals surface area (Å²) in [6.07, 6.45) is 4.25. The number of para-hydroxylation sites is 1. The van der Waals surface area contributed by atoms with Crippen molar-refractivity contribution in [3.63, 3.8) is 0 Å². The molecule has 4 heteroatoms. The second-order valence-electron chi connectivity index (χ2n) is 5.78. The topological polar surface area (TPSA) is 44.8 Å². The van der Waals surface area contributed by atoms with Crippen molar-refractivity contribution in [3.05, 3.63) is 30.6 Å². The van der Waals surface area contributed by atoms with Crippen LogP contribution in [0.1, 0.15) is 19.8 Å². The molecule has 1 aliphatic rings. The Morgan fingerprint density at radius 2 is 2.15 bits per heavy atom. The highest BCUT2D eigenvalue weighted by molar-refractivity contribution is 6.08. The second-order valence-corrected chi connectivity index (χ2v) is 5.78. The van der Waals surface area contributed by atoms with Gasteiger partial charge in [0.05, 0.1) is 0 Å². The van der Waals surface area contributed by atoms with Gasteiger partial charge in [-0.15, -0.1) is 0 Å². The fraction of sp³-hybridized carbons (Fsp3) is 0.375. The lowest BCUT2D eigenvalue weighted by molar-refractivity contribution is 0.445. The van der Waals surface area contributed by atoms with Crippen molar-refractivity contribution < 1.29 is 0 Å². The van der Waals surface area contributed by atoms with E-state index in [1.54, 1.807) is 6.33 Å². The molecule has 0 aliphatic carbocycles. The first-order valence-electron chi connectivity index (χ1n) is 7.29. The monoisotopic (exact) mass is 266 g/mol. The minimum absolute atomic E-state index is 0.734. The molecule has 1 saturated heterocycles. The first-order valence-corrected chi connectivity index (χ1v) is 7.29. The van der Waals surface area contributed by atoms with E-state index >= 15 is 0 Å². The molecule has 4 rings (SSSR count). The zero-order chi connectivity index (χ0) is 13.5. The zero-order valence-corrected chi connectivity index (χ0v) is 11.6. The van der Waals surface area contributed by atoms with Gasteiger partial charge in [0.25, 0.3) is 0 Å². The van der Waals surface area contributed by atoms with Crippen LogP contribution in [0.15, 0.2) is 30.6 Å². The Bertz CT molecular complexity index is 761. The van der Waals surface area contributed by atoms with Gasteiger partial charge in [-0.05, 0) is 24.8 Å². The van der Waals surface area contributed by atoms with Crippen LogP contribution in [0.4, 0.5) is 5.82 Å². The maximum Gasteiger partial charge on any atom is 0.156 e. The lowest BCUT2D eigenvalue weighted by Crippen LogP contribution is -2.35. The third-order valence-corrected chi connectivity index (χ3v) is 4.23. The quantitative estimate of drug-likeness (QED) is 0.734. The number of fused-ring (bicyclic) bond motifs is 3. The molecule has 1 aliphatic heterocycles. The van der Waals surface area contributed by atoms with Crippen LogP contribution in [0.2, 0.25) is 0 Å². The first kappa shape index (κ1) is 11.7.